The van der Waals surface area contributed by atoms with Gasteiger partial charge in [-0.25, -0.2) is 4.98 Å². The number of aromatic nitrogens is 2. The van der Waals surface area contributed by atoms with Crippen LogP contribution >= 0.6 is 11.3 Å². The minimum Gasteiger partial charge on any atom is -0.293 e. The molecule has 0 bridgehead atoms. The van der Waals surface area contributed by atoms with Crippen LogP contribution in [0.4, 0.5) is 0 Å². The van der Waals surface area contributed by atoms with Crippen molar-refractivity contribution in [3.63, 3.8) is 0 Å². The number of carbonyl (C=O) groups excluding carboxylic acids is 1. The van der Waals surface area contributed by atoms with E-state index in [-0.39, 0.29) is 11.3 Å². The molecule has 0 saturated heterocycles. The number of Topliss-reactive ketones (excluding diaryl/α,β-unsaturated/α-hetero) is 1. The highest BCUT2D eigenvalue weighted by molar-refractivity contribution is 7.16. The zero-order valence-corrected chi connectivity index (χ0v) is 16.9. The molecule has 4 rings (SSSR count). The fourth-order valence-electron chi connectivity index (χ4n) is 3.21. The Hall–Kier alpha value is -3.31. The van der Waals surface area contributed by atoms with Gasteiger partial charge in [0.15, 0.2) is 10.9 Å². The quantitative estimate of drug-likeness (QED) is 0.424. The van der Waals surface area contributed by atoms with Crippen molar-refractivity contribution in [2.24, 2.45) is 0 Å². The summed E-state index contributed by atoms with van der Waals surface area (Å²) in [6.45, 7) is 1.82. The van der Waals surface area contributed by atoms with Gasteiger partial charge in [0, 0.05) is 18.7 Å². The first-order valence-electron chi connectivity index (χ1n) is 9.45. The SMILES string of the molecule is Cc1nc(-n2ccc(-c3ccccc3)cc2=O)sc1C(=O)CCc1ccccc1. The molecular formula is C24H20N2O2S. The molecule has 0 atom stereocenters. The molecule has 4 aromatic rings. The number of pyridine rings is 1. The van der Waals surface area contributed by atoms with Gasteiger partial charge in [0.25, 0.3) is 5.56 Å². The third-order valence-electron chi connectivity index (χ3n) is 4.75. The topological polar surface area (TPSA) is 52.0 Å². The van der Waals surface area contributed by atoms with E-state index in [2.05, 4.69) is 4.98 Å². The van der Waals surface area contributed by atoms with Crippen molar-refractivity contribution in [1.82, 2.24) is 9.55 Å². The van der Waals surface area contributed by atoms with Crippen LogP contribution in [-0.2, 0) is 6.42 Å². The Morgan fingerprint density at radius 3 is 2.34 bits per heavy atom. The van der Waals surface area contributed by atoms with E-state index in [0.29, 0.717) is 28.5 Å². The molecule has 0 aliphatic rings. The van der Waals surface area contributed by atoms with Crippen LogP contribution in [0.15, 0.2) is 83.8 Å². The Labute approximate surface area is 173 Å². The molecule has 4 nitrogen and oxygen atoms in total. The Morgan fingerprint density at radius 2 is 1.66 bits per heavy atom. The number of hydrogen-bond donors (Lipinski definition) is 0. The second-order valence-electron chi connectivity index (χ2n) is 6.81. The average molecular weight is 401 g/mol. The number of benzene rings is 2. The van der Waals surface area contributed by atoms with Crippen LogP contribution in [0.1, 0.15) is 27.3 Å². The number of aryl methyl sites for hydroxylation is 2. The lowest BCUT2D eigenvalue weighted by molar-refractivity contribution is 0.0986. The van der Waals surface area contributed by atoms with Crippen molar-refractivity contribution < 1.29 is 4.79 Å². The number of ketones is 1. The van der Waals surface area contributed by atoms with Crippen molar-refractivity contribution in [2.45, 2.75) is 19.8 Å². The minimum absolute atomic E-state index is 0.0593. The van der Waals surface area contributed by atoms with Crippen molar-refractivity contribution in [3.05, 3.63) is 105 Å². The maximum absolute atomic E-state index is 12.7. The first kappa shape index (κ1) is 19.0. The van der Waals surface area contributed by atoms with E-state index in [4.69, 9.17) is 0 Å². The zero-order chi connectivity index (χ0) is 20.2. The van der Waals surface area contributed by atoms with Gasteiger partial charge in [0.2, 0.25) is 0 Å². The van der Waals surface area contributed by atoms with E-state index in [0.717, 1.165) is 16.7 Å². The van der Waals surface area contributed by atoms with E-state index in [1.54, 1.807) is 12.3 Å². The molecule has 2 heterocycles. The summed E-state index contributed by atoms with van der Waals surface area (Å²) in [4.78, 5) is 30.5. The molecular weight excluding hydrogens is 380 g/mol. The van der Waals surface area contributed by atoms with Gasteiger partial charge < -0.3 is 0 Å². The molecule has 0 spiro atoms. The van der Waals surface area contributed by atoms with Gasteiger partial charge in [-0.1, -0.05) is 72.0 Å². The van der Waals surface area contributed by atoms with Crippen molar-refractivity contribution in [2.75, 3.05) is 0 Å². The van der Waals surface area contributed by atoms with Crippen molar-refractivity contribution >= 4 is 17.1 Å². The first-order chi connectivity index (χ1) is 14.1. The summed E-state index contributed by atoms with van der Waals surface area (Å²) >= 11 is 1.27. The average Bonchev–Trinajstić information content (AvgIpc) is 3.14. The van der Waals surface area contributed by atoms with Crippen molar-refractivity contribution in [1.29, 1.82) is 0 Å². The predicted molar refractivity (Wildman–Crippen MR) is 117 cm³/mol. The summed E-state index contributed by atoms with van der Waals surface area (Å²) < 4.78 is 1.50. The van der Waals surface area contributed by atoms with Gasteiger partial charge in [0.05, 0.1) is 10.6 Å². The predicted octanol–water partition coefficient (Wildman–Crippen LogP) is 5.08. The third-order valence-corrected chi connectivity index (χ3v) is 5.95. The van der Waals surface area contributed by atoms with Gasteiger partial charge in [-0.05, 0) is 36.1 Å². The van der Waals surface area contributed by atoms with Gasteiger partial charge in [0.1, 0.15) is 0 Å². The Balaban J connectivity index is 1.56. The van der Waals surface area contributed by atoms with E-state index < -0.39 is 0 Å². The molecule has 0 N–H and O–H groups in total. The Morgan fingerprint density at radius 1 is 0.966 bits per heavy atom. The first-order valence-corrected chi connectivity index (χ1v) is 10.3. The molecule has 144 valence electrons. The number of rotatable bonds is 6. The summed E-state index contributed by atoms with van der Waals surface area (Å²) in [7, 11) is 0. The number of nitrogens with zero attached hydrogens (tertiary/aromatic N) is 2. The fourth-order valence-corrected chi connectivity index (χ4v) is 4.23. The highest BCUT2D eigenvalue weighted by atomic mass is 32.1. The normalized spacial score (nSPS) is 10.8. The number of thiazole rings is 1. The smallest absolute Gasteiger partial charge is 0.257 e. The molecule has 5 heteroatoms. The molecule has 0 radical (unpaired) electrons. The highest BCUT2D eigenvalue weighted by Crippen LogP contribution is 2.24. The molecule has 0 aliphatic carbocycles. The summed E-state index contributed by atoms with van der Waals surface area (Å²) in [6.07, 6.45) is 2.84. The fraction of sp³-hybridized carbons (Fsp3) is 0.125. The van der Waals surface area contributed by atoms with Crippen LogP contribution in [0, 0.1) is 6.92 Å². The van der Waals surface area contributed by atoms with Crippen LogP contribution in [0.25, 0.3) is 16.3 Å². The van der Waals surface area contributed by atoms with Crippen LogP contribution in [0.2, 0.25) is 0 Å². The van der Waals surface area contributed by atoms with Crippen molar-refractivity contribution in [3.8, 4) is 16.3 Å². The highest BCUT2D eigenvalue weighted by Gasteiger charge is 2.17. The molecule has 0 saturated carbocycles. The van der Waals surface area contributed by atoms with E-state index in [9.17, 15) is 9.59 Å². The number of carbonyl (C=O) groups is 1. The Kier molecular flexibility index (Phi) is 5.49. The van der Waals surface area contributed by atoms with Gasteiger partial charge in [-0.15, -0.1) is 0 Å². The lowest BCUT2D eigenvalue weighted by atomic mass is 10.1. The summed E-state index contributed by atoms with van der Waals surface area (Å²) in [6, 6.07) is 23.2. The Bertz CT molecular complexity index is 1190. The lowest BCUT2D eigenvalue weighted by Crippen LogP contribution is -2.16. The second-order valence-corrected chi connectivity index (χ2v) is 7.79. The maximum Gasteiger partial charge on any atom is 0.257 e. The molecule has 2 aromatic heterocycles. The maximum atomic E-state index is 12.7. The molecule has 0 amide bonds. The summed E-state index contributed by atoms with van der Waals surface area (Å²) in [5, 5.41) is 0.523. The van der Waals surface area contributed by atoms with Crippen LogP contribution in [0.3, 0.4) is 0 Å². The molecule has 0 aliphatic heterocycles. The second kappa shape index (κ2) is 8.37. The van der Waals surface area contributed by atoms with Crippen LogP contribution in [-0.4, -0.2) is 15.3 Å². The summed E-state index contributed by atoms with van der Waals surface area (Å²) in [5.41, 5.74) is 3.49. The molecule has 0 unspecified atom stereocenters. The standard InChI is InChI=1S/C24H20N2O2S/c1-17-23(21(27)13-12-18-8-4-2-5-9-18)29-24(25-17)26-15-14-20(16-22(26)28)19-10-6-3-7-11-19/h2-11,14-16H,12-13H2,1H3. The van der Waals surface area contributed by atoms with Crippen LogP contribution in [0.5, 0.6) is 0 Å². The van der Waals surface area contributed by atoms with E-state index in [1.165, 1.54) is 15.9 Å². The van der Waals surface area contributed by atoms with Crippen LogP contribution < -0.4 is 5.56 Å². The minimum atomic E-state index is -0.164. The molecule has 29 heavy (non-hydrogen) atoms. The lowest BCUT2D eigenvalue weighted by Gasteiger charge is -2.04. The van der Waals surface area contributed by atoms with Gasteiger partial charge >= 0.3 is 0 Å². The zero-order valence-electron chi connectivity index (χ0n) is 16.0. The molecule has 0 fully saturated rings. The third kappa shape index (κ3) is 4.25. The van der Waals surface area contributed by atoms with E-state index in [1.807, 2.05) is 73.7 Å². The van der Waals surface area contributed by atoms with Gasteiger partial charge in [-0.2, -0.15) is 0 Å². The molecule has 2 aromatic carbocycles. The van der Waals surface area contributed by atoms with Gasteiger partial charge in [-0.3, -0.25) is 14.2 Å². The van der Waals surface area contributed by atoms with E-state index >= 15 is 0 Å². The summed E-state index contributed by atoms with van der Waals surface area (Å²) in [5.74, 6) is 0.0593. The monoisotopic (exact) mass is 400 g/mol. The number of hydrogen-bond acceptors (Lipinski definition) is 4. The largest absolute Gasteiger partial charge is 0.293 e.